The smallest absolute Gasteiger partial charge is 0.343 e. The molecule has 7 nitrogen and oxygen atoms in total. The average molecular weight is 342 g/mol. The first kappa shape index (κ1) is 17.7. The highest BCUT2D eigenvalue weighted by atomic mass is 16.6. The first-order valence-electron chi connectivity index (χ1n) is 7.02. The normalized spacial score (nSPS) is 9.80. The van der Waals surface area contributed by atoms with Gasteiger partial charge in [-0.25, -0.2) is 14.4 Å². The van der Waals surface area contributed by atoms with Gasteiger partial charge in [-0.3, -0.25) is 0 Å². The number of hydrogen-bond donors (Lipinski definition) is 1. The molecule has 0 atom stereocenters. The van der Waals surface area contributed by atoms with Crippen LogP contribution in [-0.4, -0.2) is 30.1 Å². The number of carboxylic acids is 1. The van der Waals surface area contributed by atoms with Gasteiger partial charge in [0.25, 0.3) is 0 Å². The Morgan fingerprint density at radius 3 is 2.16 bits per heavy atom. The second-order valence-corrected chi connectivity index (χ2v) is 4.71. The molecule has 0 radical (unpaired) electrons. The van der Waals surface area contributed by atoms with E-state index in [-0.39, 0.29) is 28.4 Å². The highest BCUT2D eigenvalue weighted by Gasteiger charge is 2.15. The summed E-state index contributed by atoms with van der Waals surface area (Å²) >= 11 is 0. The molecule has 2 rings (SSSR count). The summed E-state index contributed by atoms with van der Waals surface area (Å²) in [5.41, 5.74) is 0.243. The molecular weight excluding hydrogens is 328 g/mol. The average Bonchev–Trinajstić information content (AvgIpc) is 2.62. The fraction of sp³-hybridized carbons (Fsp3) is 0.0556. The standard InChI is InChI=1S/C18H14O7/c1-3-16(19)25-14-9-6-12(10-15(14)23-2)18(22)24-13-7-4-11(5-8-13)17(20)21/h3-10H,1H2,2H3,(H,20,21). The molecule has 7 heteroatoms. The summed E-state index contributed by atoms with van der Waals surface area (Å²) < 4.78 is 15.2. The number of hydrogen-bond acceptors (Lipinski definition) is 6. The molecule has 1 N–H and O–H groups in total. The first-order valence-corrected chi connectivity index (χ1v) is 7.02. The molecule has 0 amide bonds. The monoisotopic (exact) mass is 342 g/mol. The van der Waals surface area contributed by atoms with E-state index >= 15 is 0 Å². The van der Waals surface area contributed by atoms with Crippen molar-refractivity contribution in [1.82, 2.24) is 0 Å². The molecule has 2 aromatic rings. The minimum Gasteiger partial charge on any atom is -0.493 e. The topological polar surface area (TPSA) is 99.1 Å². The Bertz CT molecular complexity index is 822. The lowest BCUT2D eigenvalue weighted by Gasteiger charge is -2.10. The molecule has 2 aromatic carbocycles. The van der Waals surface area contributed by atoms with Gasteiger partial charge in [-0.2, -0.15) is 0 Å². The Morgan fingerprint density at radius 1 is 0.960 bits per heavy atom. The Balaban J connectivity index is 2.17. The number of carbonyl (C=O) groups is 3. The van der Waals surface area contributed by atoms with E-state index in [4.69, 9.17) is 19.3 Å². The minimum absolute atomic E-state index is 0.0786. The molecule has 0 aromatic heterocycles. The van der Waals surface area contributed by atoms with E-state index in [1.165, 1.54) is 49.6 Å². The zero-order valence-electron chi connectivity index (χ0n) is 13.2. The fourth-order valence-corrected chi connectivity index (χ4v) is 1.86. The molecule has 0 bridgehead atoms. The highest BCUT2D eigenvalue weighted by molar-refractivity contribution is 5.92. The van der Waals surface area contributed by atoms with E-state index in [9.17, 15) is 14.4 Å². The number of carboxylic acid groups (broad SMARTS) is 1. The van der Waals surface area contributed by atoms with Crippen LogP contribution in [0.5, 0.6) is 17.2 Å². The molecular formula is C18H14O7. The van der Waals surface area contributed by atoms with Crippen molar-refractivity contribution in [3.8, 4) is 17.2 Å². The Kier molecular flexibility index (Phi) is 5.52. The molecule has 0 spiro atoms. The number of esters is 2. The largest absolute Gasteiger partial charge is 0.493 e. The summed E-state index contributed by atoms with van der Waals surface area (Å²) in [7, 11) is 1.36. The van der Waals surface area contributed by atoms with Crippen LogP contribution >= 0.6 is 0 Å². The highest BCUT2D eigenvalue weighted by Crippen LogP contribution is 2.29. The molecule has 128 valence electrons. The van der Waals surface area contributed by atoms with Gasteiger partial charge in [-0.1, -0.05) is 6.58 Å². The van der Waals surface area contributed by atoms with E-state index in [0.29, 0.717) is 0 Å². The van der Waals surface area contributed by atoms with Crippen LogP contribution in [0.15, 0.2) is 55.1 Å². The lowest BCUT2D eigenvalue weighted by atomic mass is 10.2. The van der Waals surface area contributed by atoms with E-state index in [1.54, 1.807) is 0 Å². The molecule has 0 unspecified atom stereocenters. The second kappa shape index (κ2) is 7.78. The number of aromatic carboxylic acids is 1. The van der Waals surface area contributed by atoms with Crippen LogP contribution in [0.25, 0.3) is 0 Å². The number of benzene rings is 2. The maximum Gasteiger partial charge on any atom is 0.343 e. The summed E-state index contributed by atoms with van der Waals surface area (Å²) in [6.45, 7) is 3.30. The predicted octanol–water partition coefficient (Wildman–Crippen LogP) is 2.70. The SMILES string of the molecule is C=CC(=O)Oc1ccc(C(=O)Oc2ccc(C(=O)O)cc2)cc1OC. The summed E-state index contributed by atoms with van der Waals surface area (Å²) in [5, 5.41) is 8.84. The number of methoxy groups -OCH3 is 1. The Labute approximate surface area is 143 Å². The van der Waals surface area contributed by atoms with Gasteiger partial charge in [-0.05, 0) is 42.5 Å². The maximum atomic E-state index is 12.2. The summed E-state index contributed by atoms with van der Waals surface area (Å²) in [6, 6.07) is 9.55. The van der Waals surface area contributed by atoms with Gasteiger partial charge in [0.15, 0.2) is 11.5 Å². The second-order valence-electron chi connectivity index (χ2n) is 4.71. The maximum absolute atomic E-state index is 12.2. The van der Waals surface area contributed by atoms with Crippen molar-refractivity contribution in [2.45, 2.75) is 0 Å². The van der Waals surface area contributed by atoms with Gasteiger partial charge < -0.3 is 19.3 Å². The summed E-state index contributed by atoms with van der Waals surface area (Å²) in [4.78, 5) is 34.2. The van der Waals surface area contributed by atoms with Crippen LogP contribution in [0.1, 0.15) is 20.7 Å². The zero-order chi connectivity index (χ0) is 18.4. The van der Waals surface area contributed by atoms with Gasteiger partial charge in [0.05, 0.1) is 18.2 Å². The van der Waals surface area contributed by atoms with Gasteiger partial charge >= 0.3 is 17.9 Å². The van der Waals surface area contributed by atoms with Gasteiger partial charge in [0, 0.05) is 6.08 Å². The van der Waals surface area contributed by atoms with Gasteiger partial charge in [0.2, 0.25) is 0 Å². The quantitative estimate of drug-likeness (QED) is 0.489. The van der Waals surface area contributed by atoms with Crippen LogP contribution < -0.4 is 14.2 Å². The van der Waals surface area contributed by atoms with Gasteiger partial charge in [-0.15, -0.1) is 0 Å². The molecule has 0 aliphatic rings. The van der Waals surface area contributed by atoms with Crippen LogP contribution in [0.3, 0.4) is 0 Å². The van der Waals surface area contributed by atoms with Crippen molar-refractivity contribution in [3.05, 3.63) is 66.2 Å². The third kappa shape index (κ3) is 4.44. The lowest BCUT2D eigenvalue weighted by molar-refractivity contribution is -0.129. The van der Waals surface area contributed by atoms with Crippen LogP contribution in [-0.2, 0) is 4.79 Å². The van der Waals surface area contributed by atoms with E-state index in [0.717, 1.165) is 6.08 Å². The lowest BCUT2D eigenvalue weighted by Crippen LogP contribution is -2.10. The Morgan fingerprint density at radius 2 is 1.60 bits per heavy atom. The number of carbonyl (C=O) groups excluding carboxylic acids is 2. The zero-order valence-corrected chi connectivity index (χ0v) is 13.2. The molecule has 0 saturated carbocycles. The van der Waals surface area contributed by atoms with Crippen molar-refractivity contribution >= 4 is 17.9 Å². The number of ether oxygens (including phenoxy) is 3. The Hall–Kier alpha value is -3.61. The van der Waals surface area contributed by atoms with Crippen molar-refractivity contribution in [3.63, 3.8) is 0 Å². The van der Waals surface area contributed by atoms with Crippen LogP contribution in [0, 0.1) is 0 Å². The van der Waals surface area contributed by atoms with E-state index in [1.807, 2.05) is 0 Å². The molecule has 0 saturated heterocycles. The van der Waals surface area contributed by atoms with Crippen molar-refractivity contribution in [1.29, 1.82) is 0 Å². The van der Waals surface area contributed by atoms with Crippen molar-refractivity contribution < 1.29 is 33.7 Å². The molecule has 0 aliphatic carbocycles. The van der Waals surface area contributed by atoms with E-state index < -0.39 is 17.9 Å². The van der Waals surface area contributed by atoms with Crippen LogP contribution in [0.4, 0.5) is 0 Å². The van der Waals surface area contributed by atoms with Crippen molar-refractivity contribution in [2.75, 3.05) is 7.11 Å². The third-order valence-corrected chi connectivity index (χ3v) is 3.09. The summed E-state index contributed by atoms with van der Waals surface area (Å²) in [5.74, 6) is -1.92. The van der Waals surface area contributed by atoms with Gasteiger partial charge in [0.1, 0.15) is 5.75 Å². The summed E-state index contributed by atoms with van der Waals surface area (Å²) in [6.07, 6.45) is 1.00. The molecule has 0 fully saturated rings. The fourth-order valence-electron chi connectivity index (χ4n) is 1.86. The predicted molar refractivity (Wildman–Crippen MR) is 87.2 cm³/mol. The first-order chi connectivity index (χ1) is 11.9. The minimum atomic E-state index is -1.08. The van der Waals surface area contributed by atoms with Crippen molar-refractivity contribution in [2.24, 2.45) is 0 Å². The molecule has 0 heterocycles. The number of rotatable bonds is 6. The molecule has 0 aliphatic heterocycles. The van der Waals surface area contributed by atoms with Crippen LogP contribution in [0.2, 0.25) is 0 Å². The van der Waals surface area contributed by atoms with E-state index in [2.05, 4.69) is 6.58 Å². The third-order valence-electron chi connectivity index (χ3n) is 3.09. The molecule has 25 heavy (non-hydrogen) atoms.